The molecule has 0 aromatic heterocycles. The van der Waals surface area contributed by atoms with E-state index in [0.29, 0.717) is 13.0 Å². The van der Waals surface area contributed by atoms with E-state index >= 15 is 0 Å². The quantitative estimate of drug-likeness (QED) is 0.0213. The lowest BCUT2D eigenvalue weighted by Crippen LogP contribution is -2.29. The predicted octanol–water partition coefficient (Wildman–Crippen LogP) is 12.8. The maximum absolute atomic E-state index is 12.6. The van der Waals surface area contributed by atoms with Crippen molar-refractivity contribution in [2.75, 3.05) is 32.9 Å². The SMILES string of the molecule is CCCCCCCCCCCCCCCCC(=O)OCC(CO[P+](=O)OOCCNCCC)OC(=O)CCCCCCCCCCCCCCCC. The number of carbonyl (C=O) groups is 2. The summed E-state index contributed by atoms with van der Waals surface area (Å²) in [7, 11) is -2.57. The van der Waals surface area contributed by atoms with Crippen molar-refractivity contribution in [2.45, 2.75) is 226 Å². The van der Waals surface area contributed by atoms with E-state index in [1.807, 2.05) is 0 Å². The van der Waals surface area contributed by atoms with Crippen molar-refractivity contribution in [2.24, 2.45) is 0 Å². The third-order valence-electron chi connectivity index (χ3n) is 9.47. The Balaban J connectivity index is 4.21. The topological polar surface area (TPSA) is 109 Å². The summed E-state index contributed by atoms with van der Waals surface area (Å²) in [6.45, 7) is 7.86. The number of unbranched alkanes of at least 4 members (excludes halogenated alkanes) is 26. The molecule has 0 saturated carbocycles. The molecule has 0 amide bonds. The average molecular weight is 761 g/mol. The number of ether oxygens (including phenoxy) is 2. The number of esters is 2. The first-order valence-electron chi connectivity index (χ1n) is 22.0. The first-order chi connectivity index (χ1) is 25.5. The van der Waals surface area contributed by atoms with Gasteiger partial charge in [0.25, 0.3) is 0 Å². The van der Waals surface area contributed by atoms with Crippen LogP contribution in [0.5, 0.6) is 0 Å². The minimum Gasteiger partial charge on any atom is -0.462 e. The van der Waals surface area contributed by atoms with Crippen molar-refractivity contribution in [3.63, 3.8) is 0 Å². The van der Waals surface area contributed by atoms with Gasteiger partial charge in [0.2, 0.25) is 0 Å². The monoisotopic (exact) mass is 761 g/mol. The van der Waals surface area contributed by atoms with Gasteiger partial charge in [-0.05, 0) is 25.8 Å². The van der Waals surface area contributed by atoms with Crippen molar-refractivity contribution in [1.29, 1.82) is 0 Å². The molecule has 0 fully saturated rings. The first kappa shape index (κ1) is 50.9. The molecular weight excluding hydrogens is 677 g/mol. The summed E-state index contributed by atoms with van der Waals surface area (Å²) in [6.07, 6.45) is 35.8. The molecule has 0 aliphatic heterocycles. The van der Waals surface area contributed by atoms with Gasteiger partial charge in [0.1, 0.15) is 13.2 Å². The van der Waals surface area contributed by atoms with Crippen molar-refractivity contribution in [3.8, 4) is 0 Å². The lowest BCUT2D eigenvalue weighted by molar-refractivity contribution is -0.209. The van der Waals surface area contributed by atoms with Crippen molar-refractivity contribution in [3.05, 3.63) is 0 Å². The molecule has 0 aromatic carbocycles. The molecule has 10 heteroatoms. The fourth-order valence-electron chi connectivity index (χ4n) is 6.21. The summed E-state index contributed by atoms with van der Waals surface area (Å²) in [5.74, 6) is -0.694. The van der Waals surface area contributed by atoms with E-state index in [1.165, 1.54) is 141 Å². The highest BCUT2D eigenvalue weighted by molar-refractivity contribution is 7.33. The van der Waals surface area contributed by atoms with Crippen LogP contribution in [0.15, 0.2) is 0 Å². The van der Waals surface area contributed by atoms with Crippen molar-refractivity contribution >= 4 is 20.2 Å². The first-order valence-corrected chi connectivity index (χ1v) is 23.1. The van der Waals surface area contributed by atoms with E-state index in [2.05, 4.69) is 26.1 Å². The van der Waals surface area contributed by atoms with Gasteiger partial charge in [-0.3, -0.25) is 9.59 Å². The van der Waals surface area contributed by atoms with Gasteiger partial charge >= 0.3 is 20.2 Å². The molecule has 1 N–H and O–H groups in total. The maximum Gasteiger partial charge on any atom is 0.728 e. The Morgan fingerprint density at radius 2 is 0.904 bits per heavy atom. The molecule has 52 heavy (non-hydrogen) atoms. The molecule has 9 nitrogen and oxygen atoms in total. The molecule has 0 radical (unpaired) electrons. The Hall–Kier alpha value is -1.12. The summed E-state index contributed by atoms with van der Waals surface area (Å²) in [5, 5.41) is 3.15. The van der Waals surface area contributed by atoms with Crippen LogP contribution in [-0.4, -0.2) is 51.0 Å². The summed E-state index contributed by atoms with van der Waals surface area (Å²) >= 11 is 0. The van der Waals surface area contributed by atoms with Crippen LogP contribution < -0.4 is 5.32 Å². The molecule has 0 spiro atoms. The van der Waals surface area contributed by atoms with E-state index in [4.69, 9.17) is 23.6 Å². The van der Waals surface area contributed by atoms with Gasteiger partial charge < -0.3 is 14.8 Å². The molecule has 2 atom stereocenters. The second-order valence-electron chi connectivity index (χ2n) is 14.7. The maximum atomic E-state index is 12.6. The van der Waals surface area contributed by atoms with Crippen LogP contribution in [-0.2, 0) is 37.7 Å². The van der Waals surface area contributed by atoms with Crippen LogP contribution >= 0.6 is 8.25 Å². The van der Waals surface area contributed by atoms with Gasteiger partial charge in [-0.2, -0.15) is 4.89 Å². The summed E-state index contributed by atoms with van der Waals surface area (Å²) in [4.78, 5) is 30.0. The average Bonchev–Trinajstić information content (AvgIpc) is 3.14. The normalized spacial score (nSPS) is 12.2. The summed E-state index contributed by atoms with van der Waals surface area (Å²) < 4.78 is 33.2. The van der Waals surface area contributed by atoms with Crippen LogP contribution in [0.4, 0.5) is 0 Å². The lowest BCUT2D eigenvalue weighted by Gasteiger charge is -2.15. The summed E-state index contributed by atoms with van der Waals surface area (Å²) in [5.41, 5.74) is 0. The highest BCUT2D eigenvalue weighted by atomic mass is 31.1. The van der Waals surface area contributed by atoms with Crippen LogP contribution in [0.25, 0.3) is 0 Å². The van der Waals surface area contributed by atoms with Crippen molar-refractivity contribution in [1.82, 2.24) is 5.32 Å². The van der Waals surface area contributed by atoms with Crippen LogP contribution in [0.2, 0.25) is 0 Å². The van der Waals surface area contributed by atoms with Crippen LogP contribution in [0, 0.1) is 0 Å². The molecule has 0 saturated heterocycles. The van der Waals surface area contributed by atoms with E-state index in [9.17, 15) is 14.2 Å². The Bertz CT molecular complexity index is 787. The molecular formula is C42H83NO8P+. The van der Waals surface area contributed by atoms with Gasteiger partial charge in [0.15, 0.2) is 6.10 Å². The Morgan fingerprint density at radius 1 is 0.500 bits per heavy atom. The fraction of sp³-hybridized carbons (Fsp3) is 0.952. The highest BCUT2D eigenvalue weighted by Crippen LogP contribution is 2.25. The number of hydrogen-bond acceptors (Lipinski definition) is 9. The molecule has 0 aromatic rings. The van der Waals surface area contributed by atoms with Gasteiger partial charge in [0.05, 0.1) is 11.3 Å². The number of nitrogens with one attached hydrogen (secondary N) is 1. The Kier molecular flexibility index (Phi) is 41.7. The van der Waals surface area contributed by atoms with E-state index in [0.717, 1.165) is 51.5 Å². The van der Waals surface area contributed by atoms with Crippen LogP contribution in [0.3, 0.4) is 0 Å². The van der Waals surface area contributed by atoms with Crippen molar-refractivity contribution < 1.29 is 37.7 Å². The Labute approximate surface area is 321 Å². The minimum atomic E-state index is -2.57. The zero-order chi connectivity index (χ0) is 38.0. The van der Waals surface area contributed by atoms with Crippen LogP contribution in [0.1, 0.15) is 220 Å². The van der Waals surface area contributed by atoms with E-state index in [-0.39, 0.29) is 38.2 Å². The van der Waals surface area contributed by atoms with Gasteiger partial charge in [-0.1, -0.05) is 188 Å². The summed E-state index contributed by atoms with van der Waals surface area (Å²) in [6, 6.07) is 0. The number of rotatable bonds is 43. The lowest BCUT2D eigenvalue weighted by atomic mass is 10.0. The second-order valence-corrected chi connectivity index (χ2v) is 15.5. The van der Waals surface area contributed by atoms with Gasteiger partial charge in [-0.15, -0.1) is 4.52 Å². The molecule has 0 aliphatic carbocycles. The van der Waals surface area contributed by atoms with Gasteiger partial charge in [-0.25, -0.2) is 0 Å². The molecule has 0 rings (SSSR count). The smallest absolute Gasteiger partial charge is 0.462 e. The Morgan fingerprint density at radius 3 is 1.33 bits per heavy atom. The number of carbonyl (C=O) groups excluding carboxylic acids is 2. The number of hydrogen-bond donors (Lipinski definition) is 1. The largest absolute Gasteiger partial charge is 0.728 e. The third-order valence-corrected chi connectivity index (χ3v) is 10.1. The van der Waals surface area contributed by atoms with E-state index < -0.39 is 14.4 Å². The fourth-order valence-corrected chi connectivity index (χ4v) is 6.70. The second kappa shape index (κ2) is 42.6. The molecule has 0 aliphatic rings. The molecule has 0 bridgehead atoms. The zero-order valence-corrected chi connectivity index (χ0v) is 35.1. The zero-order valence-electron chi connectivity index (χ0n) is 34.2. The standard InChI is InChI=1S/C42H83NO8P/c1-4-7-9-11-13-15-17-19-21-23-25-27-29-31-33-41(44)47-38-40(39-49-52(46)51-48-37-36-43-35-6-3)50-42(45)34-32-30-28-26-24-22-20-18-16-14-12-10-8-5-2/h40,43H,4-39H2,1-3H3/q+1. The molecule has 308 valence electrons. The molecule has 0 heterocycles. The highest BCUT2D eigenvalue weighted by Gasteiger charge is 2.28. The van der Waals surface area contributed by atoms with Gasteiger partial charge in [0, 0.05) is 24.0 Å². The predicted molar refractivity (Wildman–Crippen MR) is 214 cm³/mol. The molecule has 2 unspecified atom stereocenters. The minimum absolute atomic E-state index is 0.146. The van der Waals surface area contributed by atoms with E-state index in [1.54, 1.807) is 0 Å². The third kappa shape index (κ3) is 40.1.